The maximum atomic E-state index is 12.6. The second kappa shape index (κ2) is 9.08. The zero-order chi connectivity index (χ0) is 22.7. The highest BCUT2D eigenvalue weighted by Gasteiger charge is 2.17. The molecule has 0 saturated carbocycles. The fraction of sp³-hybridized carbons (Fsp3) is 0.217. The number of nitrogens with zero attached hydrogens (tertiary/aromatic N) is 2. The zero-order valence-electron chi connectivity index (χ0n) is 17.7. The minimum atomic E-state index is -0.434. The van der Waals surface area contributed by atoms with Crippen LogP contribution in [-0.2, 0) is 11.3 Å². The predicted octanol–water partition coefficient (Wildman–Crippen LogP) is 3.23. The zero-order valence-corrected chi connectivity index (χ0v) is 18.5. The molecule has 1 aromatic heterocycles. The van der Waals surface area contributed by atoms with Crippen molar-refractivity contribution >= 4 is 33.5 Å². The lowest BCUT2D eigenvalue weighted by Crippen LogP contribution is -2.15. The Bertz CT molecular complexity index is 1300. The van der Waals surface area contributed by atoms with Crippen molar-refractivity contribution in [2.24, 2.45) is 4.99 Å². The average molecular weight is 452 g/mol. The fourth-order valence-electron chi connectivity index (χ4n) is 3.29. The first-order valence-electron chi connectivity index (χ1n) is 9.51. The molecule has 164 valence electrons. The number of fused-ring (bicyclic) bond motifs is 2. The first kappa shape index (κ1) is 21.3. The van der Waals surface area contributed by atoms with E-state index in [2.05, 4.69) is 10.9 Å². The van der Waals surface area contributed by atoms with Gasteiger partial charge in [-0.25, -0.2) is 0 Å². The lowest BCUT2D eigenvalue weighted by molar-refractivity contribution is -0.113. The van der Waals surface area contributed by atoms with Crippen molar-refractivity contribution in [2.45, 2.75) is 6.54 Å². The maximum absolute atomic E-state index is 12.6. The van der Waals surface area contributed by atoms with E-state index >= 15 is 0 Å². The van der Waals surface area contributed by atoms with Crippen LogP contribution in [0.15, 0.2) is 35.3 Å². The number of terminal acetylenes is 1. The molecule has 2 heterocycles. The van der Waals surface area contributed by atoms with Gasteiger partial charge in [0.15, 0.2) is 27.8 Å². The molecule has 0 unspecified atom stereocenters. The van der Waals surface area contributed by atoms with Crippen LogP contribution in [0.5, 0.6) is 28.7 Å². The summed E-state index contributed by atoms with van der Waals surface area (Å²) in [5.41, 5.74) is 1.53. The minimum absolute atomic E-state index is 0.184. The van der Waals surface area contributed by atoms with Gasteiger partial charge in [0.25, 0.3) is 5.91 Å². The van der Waals surface area contributed by atoms with Crippen molar-refractivity contribution < 1.29 is 28.5 Å². The van der Waals surface area contributed by atoms with Crippen molar-refractivity contribution in [2.75, 3.05) is 28.1 Å². The SMILES string of the molecule is C#CCn1c(=NC(=O)/C=C\c2cc(OC)c(OC)c(OC)c2)sc2cc3c(cc21)OCO3. The van der Waals surface area contributed by atoms with Gasteiger partial charge in [0.1, 0.15) is 0 Å². The molecule has 9 heteroatoms. The summed E-state index contributed by atoms with van der Waals surface area (Å²) >= 11 is 1.35. The Hall–Kier alpha value is -3.90. The molecule has 0 saturated heterocycles. The van der Waals surface area contributed by atoms with Gasteiger partial charge in [-0.1, -0.05) is 17.3 Å². The summed E-state index contributed by atoms with van der Waals surface area (Å²) in [5.74, 6) is 4.93. The average Bonchev–Trinajstić information content (AvgIpc) is 3.39. The van der Waals surface area contributed by atoms with Crippen LogP contribution >= 0.6 is 11.3 Å². The Kier molecular flexibility index (Phi) is 6.05. The van der Waals surface area contributed by atoms with Crippen molar-refractivity contribution in [3.8, 4) is 41.1 Å². The normalized spacial score (nSPS) is 12.9. The molecule has 3 aromatic rings. The standard InChI is InChI=1S/C23H20N2O6S/c1-5-8-25-15-11-16-17(31-13-30-16)12-20(15)32-23(25)24-21(26)7-6-14-9-18(27-2)22(29-4)19(10-14)28-3/h1,6-7,9-12H,8,13H2,2-4H3/b7-6-,24-23?. The summed E-state index contributed by atoms with van der Waals surface area (Å²) in [4.78, 5) is 17.3. The van der Waals surface area contributed by atoms with Crippen LogP contribution in [0.25, 0.3) is 16.3 Å². The maximum Gasteiger partial charge on any atom is 0.272 e. The second-order valence-corrected chi connectivity index (χ2v) is 7.60. The number of carbonyl (C=O) groups excluding carboxylic acids is 1. The van der Waals surface area contributed by atoms with Crippen LogP contribution in [-0.4, -0.2) is 38.6 Å². The summed E-state index contributed by atoms with van der Waals surface area (Å²) in [6, 6.07) is 7.20. The number of hydrogen-bond donors (Lipinski definition) is 0. The molecule has 0 N–H and O–H groups in total. The van der Waals surface area contributed by atoms with Crippen LogP contribution in [0.1, 0.15) is 5.56 Å². The van der Waals surface area contributed by atoms with E-state index in [0.29, 0.717) is 39.1 Å². The second-order valence-electron chi connectivity index (χ2n) is 6.59. The van der Waals surface area contributed by atoms with Crippen LogP contribution in [0.3, 0.4) is 0 Å². The minimum Gasteiger partial charge on any atom is -0.493 e. The molecule has 0 spiro atoms. The third-order valence-corrected chi connectivity index (χ3v) is 5.78. The number of carbonyl (C=O) groups is 1. The quantitative estimate of drug-likeness (QED) is 0.422. The Morgan fingerprint density at radius 1 is 1.16 bits per heavy atom. The summed E-state index contributed by atoms with van der Waals surface area (Å²) in [6.07, 6.45) is 8.54. The van der Waals surface area contributed by atoms with Gasteiger partial charge in [-0.05, 0) is 23.8 Å². The van der Waals surface area contributed by atoms with E-state index in [4.69, 9.17) is 30.1 Å². The fourth-order valence-corrected chi connectivity index (χ4v) is 4.33. The van der Waals surface area contributed by atoms with E-state index in [1.165, 1.54) is 38.7 Å². The van der Waals surface area contributed by atoms with Gasteiger partial charge in [-0.3, -0.25) is 4.79 Å². The summed E-state index contributed by atoms with van der Waals surface area (Å²) in [7, 11) is 4.59. The third-order valence-electron chi connectivity index (χ3n) is 4.74. The molecule has 1 aliphatic heterocycles. The monoisotopic (exact) mass is 452 g/mol. The van der Waals surface area contributed by atoms with E-state index in [1.807, 2.05) is 12.1 Å². The molecule has 8 nitrogen and oxygen atoms in total. The van der Waals surface area contributed by atoms with E-state index in [9.17, 15) is 4.79 Å². The van der Waals surface area contributed by atoms with Gasteiger partial charge in [0.05, 0.1) is 38.1 Å². The number of methoxy groups -OCH3 is 3. The van der Waals surface area contributed by atoms with E-state index in [0.717, 1.165) is 10.2 Å². The van der Waals surface area contributed by atoms with E-state index < -0.39 is 5.91 Å². The Morgan fingerprint density at radius 3 is 2.47 bits per heavy atom. The molecular weight excluding hydrogens is 432 g/mol. The topological polar surface area (TPSA) is 80.5 Å². The Balaban J connectivity index is 1.69. The molecule has 0 radical (unpaired) electrons. The number of thiazole rings is 1. The summed E-state index contributed by atoms with van der Waals surface area (Å²) in [6.45, 7) is 0.450. The molecular formula is C23H20N2O6S. The number of amides is 1. The largest absolute Gasteiger partial charge is 0.493 e. The van der Waals surface area contributed by atoms with Gasteiger partial charge in [-0.15, -0.1) is 6.42 Å². The van der Waals surface area contributed by atoms with Crippen LogP contribution in [0.4, 0.5) is 0 Å². The van der Waals surface area contributed by atoms with Crippen LogP contribution in [0.2, 0.25) is 0 Å². The number of aromatic nitrogens is 1. The summed E-state index contributed by atoms with van der Waals surface area (Å²) in [5, 5.41) is 0. The van der Waals surface area contributed by atoms with Crippen molar-refractivity contribution in [3.05, 3.63) is 40.7 Å². The number of rotatable bonds is 6. The highest BCUT2D eigenvalue weighted by atomic mass is 32.1. The molecule has 0 aliphatic carbocycles. The van der Waals surface area contributed by atoms with Crippen molar-refractivity contribution in [1.29, 1.82) is 0 Å². The Labute approximate surface area is 188 Å². The highest BCUT2D eigenvalue weighted by molar-refractivity contribution is 7.16. The number of benzene rings is 2. The van der Waals surface area contributed by atoms with Gasteiger partial charge >= 0.3 is 0 Å². The highest BCUT2D eigenvalue weighted by Crippen LogP contribution is 2.39. The van der Waals surface area contributed by atoms with E-state index in [1.54, 1.807) is 22.8 Å². The third kappa shape index (κ3) is 4.00. The first-order chi connectivity index (χ1) is 15.6. The van der Waals surface area contributed by atoms with Crippen LogP contribution in [0, 0.1) is 12.3 Å². The molecule has 2 aromatic carbocycles. The van der Waals surface area contributed by atoms with Gasteiger partial charge in [0.2, 0.25) is 12.5 Å². The molecule has 0 bridgehead atoms. The lowest BCUT2D eigenvalue weighted by atomic mass is 10.1. The van der Waals surface area contributed by atoms with E-state index in [-0.39, 0.29) is 13.3 Å². The first-order valence-corrected chi connectivity index (χ1v) is 10.3. The predicted molar refractivity (Wildman–Crippen MR) is 120 cm³/mol. The smallest absolute Gasteiger partial charge is 0.272 e. The number of hydrogen-bond acceptors (Lipinski definition) is 7. The molecule has 4 rings (SSSR count). The molecule has 0 fully saturated rings. The lowest BCUT2D eigenvalue weighted by Gasteiger charge is -2.12. The molecule has 32 heavy (non-hydrogen) atoms. The number of ether oxygens (including phenoxy) is 5. The molecule has 0 atom stereocenters. The van der Waals surface area contributed by atoms with Gasteiger partial charge in [-0.2, -0.15) is 4.99 Å². The Morgan fingerprint density at radius 2 is 1.84 bits per heavy atom. The van der Waals surface area contributed by atoms with Crippen LogP contribution < -0.4 is 28.5 Å². The van der Waals surface area contributed by atoms with Gasteiger partial charge < -0.3 is 28.3 Å². The molecule has 1 amide bonds. The summed E-state index contributed by atoms with van der Waals surface area (Å²) < 4.78 is 29.6. The van der Waals surface area contributed by atoms with Crippen molar-refractivity contribution in [1.82, 2.24) is 4.57 Å². The molecule has 1 aliphatic rings. The van der Waals surface area contributed by atoms with Crippen molar-refractivity contribution in [3.63, 3.8) is 0 Å². The van der Waals surface area contributed by atoms with Gasteiger partial charge in [0, 0.05) is 18.2 Å².